The number of hydrogen-bond donors (Lipinski definition) is 2. The third-order valence-corrected chi connectivity index (χ3v) is 2.70. The molecule has 0 aromatic carbocycles. The van der Waals surface area contributed by atoms with Gasteiger partial charge < -0.3 is 5.73 Å². The van der Waals surface area contributed by atoms with Crippen LogP contribution >= 0.6 is 0 Å². The minimum atomic E-state index is -0.799. The SMILES string of the molecule is NC(=O)N(O)C[C@@H]1C[C@H]1c1cccnc1. The van der Waals surface area contributed by atoms with Gasteiger partial charge in [-0.15, -0.1) is 0 Å². The number of urea groups is 1. The van der Waals surface area contributed by atoms with Crippen LogP contribution in [0.25, 0.3) is 0 Å². The number of carbonyl (C=O) groups excluding carboxylic acids is 1. The number of hydrogen-bond acceptors (Lipinski definition) is 3. The van der Waals surface area contributed by atoms with Crippen LogP contribution in [0.3, 0.4) is 0 Å². The summed E-state index contributed by atoms with van der Waals surface area (Å²) < 4.78 is 0. The molecule has 0 bridgehead atoms. The first kappa shape index (κ1) is 9.92. The summed E-state index contributed by atoms with van der Waals surface area (Å²) in [4.78, 5) is 14.6. The first-order chi connectivity index (χ1) is 7.18. The molecule has 1 aromatic heterocycles. The average Bonchev–Trinajstić information content (AvgIpc) is 2.98. The topological polar surface area (TPSA) is 79.5 Å². The quantitative estimate of drug-likeness (QED) is 0.572. The molecule has 0 aliphatic heterocycles. The molecule has 2 rings (SSSR count). The molecule has 5 nitrogen and oxygen atoms in total. The number of nitrogens with zero attached hydrogens (tertiary/aromatic N) is 2. The fraction of sp³-hybridized carbons (Fsp3) is 0.400. The minimum Gasteiger partial charge on any atom is -0.350 e. The van der Waals surface area contributed by atoms with Gasteiger partial charge in [0.2, 0.25) is 0 Å². The Kier molecular flexibility index (Phi) is 2.55. The fourth-order valence-electron chi connectivity index (χ4n) is 1.77. The monoisotopic (exact) mass is 207 g/mol. The Hall–Kier alpha value is -1.62. The highest BCUT2D eigenvalue weighted by Crippen LogP contribution is 2.47. The maximum absolute atomic E-state index is 10.6. The third-order valence-electron chi connectivity index (χ3n) is 2.70. The van der Waals surface area contributed by atoms with E-state index in [2.05, 4.69) is 4.98 Å². The van der Waals surface area contributed by atoms with E-state index in [4.69, 9.17) is 10.9 Å². The summed E-state index contributed by atoms with van der Waals surface area (Å²) >= 11 is 0. The number of hydroxylamine groups is 2. The van der Waals surface area contributed by atoms with E-state index in [1.807, 2.05) is 18.3 Å². The van der Waals surface area contributed by atoms with E-state index >= 15 is 0 Å². The maximum Gasteiger partial charge on any atom is 0.338 e. The molecule has 1 saturated carbocycles. The van der Waals surface area contributed by atoms with Crippen LogP contribution in [0, 0.1) is 5.92 Å². The predicted octanol–water partition coefficient (Wildman–Crippen LogP) is 0.955. The van der Waals surface area contributed by atoms with Crippen LogP contribution in [0.4, 0.5) is 4.79 Å². The van der Waals surface area contributed by atoms with Gasteiger partial charge in [-0.1, -0.05) is 6.07 Å². The Bertz CT molecular complexity index is 355. The van der Waals surface area contributed by atoms with Crippen LogP contribution in [-0.2, 0) is 0 Å². The number of pyridine rings is 1. The first-order valence-corrected chi connectivity index (χ1v) is 4.84. The predicted molar refractivity (Wildman–Crippen MR) is 53.2 cm³/mol. The molecule has 1 aromatic rings. The highest BCUT2D eigenvalue weighted by atomic mass is 16.5. The summed E-state index contributed by atoms with van der Waals surface area (Å²) in [5, 5.41) is 9.72. The number of carbonyl (C=O) groups is 1. The normalized spacial score (nSPS) is 23.5. The van der Waals surface area contributed by atoms with Crippen molar-refractivity contribution in [2.45, 2.75) is 12.3 Å². The van der Waals surface area contributed by atoms with E-state index in [1.165, 1.54) is 0 Å². The molecule has 1 aliphatic rings. The van der Waals surface area contributed by atoms with Crippen LogP contribution in [-0.4, -0.2) is 27.8 Å². The highest BCUT2D eigenvalue weighted by molar-refractivity contribution is 5.70. The number of rotatable bonds is 3. The molecule has 5 heteroatoms. The Balaban J connectivity index is 1.89. The van der Waals surface area contributed by atoms with E-state index < -0.39 is 6.03 Å². The molecular weight excluding hydrogens is 194 g/mol. The summed E-state index contributed by atoms with van der Waals surface area (Å²) in [6, 6.07) is 3.09. The van der Waals surface area contributed by atoms with Gasteiger partial charge in [-0.3, -0.25) is 10.2 Å². The van der Waals surface area contributed by atoms with Gasteiger partial charge >= 0.3 is 6.03 Å². The van der Waals surface area contributed by atoms with Gasteiger partial charge in [0, 0.05) is 12.4 Å². The lowest BCUT2D eigenvalue weighted by Gasteiger charge is -2.10. The molecule has 0 spiro atoms. The lowest BCUT2D eigenvalue weighted by atomic mass is 10.1. The van der Waals surface area contributed by atoms with Gasteiger partial charge in [0.05, 0.1) is 6.54 Å². The van der Waals surface area contributed by atoms with Crippen molar-refractivity contribution in [3.63, 3.8) is 0 Å². The second-order valence-corrected chi connectivity index (χ2v) is 3.81. The zero-order valence-corrected chi connectivity index (χ0v) is 8.21. The number of amides is 2. The van der Waals surface area contributed by atoms with Crippen LogP contribution < -0.4 is 5.73 Å². The van der Waals surface area contributed by atoms with Gasteiger partial charge in [-0.2, -0.15) is 0 Å². The lowest BCUT2D eigenvalue weighted by Crippen LogP contribution is -2.34. The van der Waals surface area contributed by atoms with Crippen LogP contribution in [0.15, 0.2) is 24.5 Å². The molecule has 1 fully saturated rings. The van der Waals surface area contributed by atoms with E-state index in [0.717, 1.165) is 12.0 Å². The van der Waals surface area contributed by atoms with Crippen molar-refractivity contribution in [2.75, 3.05) is 6.54 Å². The third kappa shape index (κ3) is 2.24. The van der Waals surface area contributed by atoms with E-state index in [0.29, 0.717) is 23.4 Å². The Morgan fingerprint density at radius 2 is 2.53 bits per heavy atom. The smallest absolute Gasteiger partial charge is 0.338 e. The van der Waals surface area contributed by atoms with E-state index in [9.17, 15) is 4.79 Å². The van der Waals surface area contributed by atoms with E-state index in [1.54, 1.807) is 6.20 Å². The van der Waals surface area contributed by atoms with Crippen molar-refractivity contribution in [1.82, 2.24) is 10.0 Å². The second kappa shape index (κ2) is 3.86. The molecule has 1 aliphatic carbocycles. The Labute approximate surface area is 87.5 Å². The molecule has 0 saturated heterocycles. The molecule has 2 amide bonds. The molecule has 2 atom stereocenters. The molecule has 0 unspecified atom stereocenters. The number of aromatic nitrogens is 1. The number of nitrogens with two attached hydrogens (primary N) is 1. The van der Waals surface area contributed by atoms with E-state index in [-0.39, 0.29) is 0 Å². The van der Waals surface area contributed by atoms with Crippen molar-refractivity contribution < 1.29 is 10.0 Å². The Morgan fingerprint density at radius 3 is 3.13 bits per heavy atom. The largest absolute Gasteiger partial charge is 0.350 e. The van der Waals surface area contributed by atoms with Gasteiger partial charge in [-0.25, -0.2) is 9.86 Å². The molecule has 80 valence electrons. The standard InChI is InChI=1S/C10H13N3O2/c11-10(14)13(15)6-8-4-9(8)7-2-1-3-12-5-7/h1-3,5,8-9,15H,4,6H2,(H2,11,14)/t8-,9-/m0/s1. The van der Waals surface area contributed by atoms with Crippen LogP contribution in [0.5, 0.6) is 0 Å². The highest BCUT2D eigenvalue weighted by Gasteiger charge is 2.39. The fourth-order valence-corrected chi connectivity index (χ4v) is 1.77. The maximum atomic E-state index is 10.6. The molecule has 3 N–H and O–H groups in total. The van der Waals surface area contributed by atoms with Crippen LogP contribution in [0.2, 0.25) is 0 Å². The van der Waals surface area contributed by atoms with Gasteiger partial charge in [-0.05, 0) is 29.9 Å². The summed E-state index contributed by atoms with van der Waals surface area (Å²) in [6.45, 7) is 0.300. The Morgan fingerprint density at radius 1 is 1.73 bits per heavy atom. The zero-order valence-electron chi connectivity index (χ0n) is 8.21. The van der Waals surface area contributed by atoms with Gasteiger partial charge in [0.15, 0.2) is 0 Å². The summed E-state index contributed by atoms with van der Waals surface area (Å²) in [7, 11) is 0. The van der Waals surface area contributed by atoms with Crippen LogP contribution in [0.1, 0.15) is 17.9 Å². The summed E-state index contributed by atoms with van der Waals surface area (Å²) in [6.07, 6.45) is 4.51. The van der Waals surface area contributed by atoms with Crippen molar-refractivity contribution in [2.24, 2.45) is 11.7 Å². The summed E-state index contributed by atoms with van der Waals surface area (Å²) in [5.41, 5.74) is 6.07. The van der Waals surface area contributed by atoms with Crippen molar-refractivity contribution in [3.05, 3.63) is 30.1 Å². The van der Waals surface area contributed by atoms with Gasteiger partial charge in [0.1, 0.15) is 0 Å². The van der Waals surface area contributed by atoms with Crippen molar-refractivity contribution >= 4 is 6.03 Å². The molecule has 15 heavy (non-hydrogen) atoms. The lowest BCUT2D eigenvalue weighted by molar-refractivity contribution is -0.0431. The minimum absolute atomic E-state index is 0.298. The molecule has 0 radical (unpaired) electrons. The van der Waals surface area contributed by atoms with Crippen molar-refractivity contribution in [1.29, 1.82) is 0 Å². The first-order valence-electron chi connectivity index (χ1n) is 4.84. The van der Waals surface area contributed by atoms with Gasteiger partial charge in [0.25, 0.3) is 0 Å². The van der Waals surface area contributed by atoms with Crippen molar-refractivity contribution in [3.8, 4) is 0 Å². The average molecular weight is 207 g/mol. The second-order valence-electron chi connectivity index (χ2n) is 3.81. The zero-order chi connectivity index (χ0) is 10.8. The molecule has 1 heterocycles. The molecular formula is C10H13N3O2. The summed E-state index contributed by atoms with van der Waals surface area (Å²) in [5.74, 6) is 0.694. The number of primary amides is 1.